The third-order valence-corrected chi connectivity index (χ3v) is 3.53. The first-order chi connectivity index (χ1) is 9.70. The first-order valence-corrected chi connectivity index (χ1v) is 6.61. The van der Waals surface area contributed by atoms with E-state index in [9.17, 15) is 4.39 Å². The largest absolute Gasteiger partial charge is 0.326 e. The van der Waals surface area contributed by atoms with Gasteiger partial charge in [0.15, 0.2) is 0 Å². The third kappa shape index (κ3) is 2.15. The smallest absolute Gasteiger partial charge is 0.132 e. The van der Waals surface area contributed by atoms with Crippen LogP contribution in [-0.2, 0) is 6.54 Å². The van der Waals surface area contributed by atoms with E-state index in [1.54, 1.807) is 24.3 Å². The minimum absolute atomic E-state index is 0.291. The predicted octanol–water partition coefficient (Wildman–Crippen LogP) is 4.15. The van der Waals surface area contributed by atoms with Gasteiger partial charge in [-0.25, -0.2) is 9.37 Å². The number of benzene rings is 2. The van der Waals surface area contributed by atoms with Crippen molar-refractivity contribution in [1.82, 2.24) is 4.98 Å². The normalized spacial score (nSPS) is 10.9. The minimum atomic E-state index is -0.318. The van der Waals surface area contributed by atoms with Crippen LogP contribution >= 0.6 is 11.6 Å². The molecule has 100 valence electrons. The molecular weight excluding hydrogens is 275 g/mol. The number of hydrogen-bond donors (Lipinski definition) is 1. The quantitative estimate of drug-likeness (QED) is 0.768. The molecule has 1 heterocycles. The molecule has 3 rings (SSSR count). The van der Waals surface area contributed by atoms with Gasteiger partial charge < -0.3 is 5.73 Å². The molecule has 4 heteroatoms. The molecule has 0 aliphatic heterocycles. The molecule has 0 spiro atoms. The maximum Gasteiger partial charge on any atom is 0.132 e. The van der Waals surface area contributed by atoms with E-state index in [0.29, 0.717) is 28.3 Å². The summed E-state index contributed by atoms with van der Waals surface area (Å²) in [6.07, 6.45) is 0. The second kappa shape index (κ2) is 5.19. The zero-order valence-corrected chi connectivity index (χ0v) is 11.4. The summed E-state index contributed by atoms with van der Waals surface area (Å²) in [7, 11) is 0. The Balaban J connectivity index is 2.34. The van der Waals surface area contributed by atoms with Gasteiger partial charge in [-0.3, -0.25) is 0 Å². The fourth-order valence-corrected chi connectivity index (χ4v) is 2.47. The summed E-state index contributed by atoms with van der Waals surface area (Å²) in [6.45, 7) is 0.291. The fourth-order valence-electron chi connectivity index (χ4n) is 2.25. The molecule has 0 unspecified atom stereocenters. The van der Waals surface area contributed by atoms with Crippen molar-refractivity contribution in [3.63, 3.8) is 0 Å². The Morgan fingerprint density at radius 3 is 2.65 bits per heavy atom. The summed E-state index contributed by atoms with van der Waals surface area (Å²) >= 11 is 6.16. The van der Waals surface area contributed by atoms with Gasteiger partial charge in [0.1, 0.15) is 5.82 Å². The predicted molar refractivity (Wildman–Crippen MR) is 80.0 cm³/mol. The van der Waals surface area contributed by atoms with Crippen LogP contribution in [0.1, 0.15) is 5.56 Å². The van der Waals surface area contributed by atoms with E-state index >= 15 is 0 Å². The van der Waals surface area contributed by atoms with E-state index in [2.05, 4.69) is 4.98 Å². The van der Waals surface area contributed by atoms with Gasteiger partial charge in [0.25, 0.3) is 0 Å². The number of aromatic nitrogens is 1. The van der Waals surface area contributed by atoms with Gasteiger partial charge in [0.05, 0.1) is 16.2 Å². The molecule has 1 aromatic heterocycles. The van der Waals surface area contributed by atoms with E-state index in [0.717, 1.165) is 10.9 Å². The molecule has 0 aliphatic rings. The van der Waals surface area contributed by atoms with E-state index in [4.69, 9.17) is 17.3 Å². The van der Waals surface area contributed by atoms with Gasteiger partial charge in [-0.1, -0.05) is 35.9 Å². The van der Waals surface area contributed by atoms with E-state index < -0.39 is 0 Å². The lowest BCUT2D eigenvalue weighted by molar-refractivity contribution is 0.630. The van der Waals surface area contributed by atoms with Crippen LogP contribution in [0.2, 0.25) is 5.02 Å². The van der Waals surface area contributed by atoms with E-state index in [-0.39, 0.29) is 5.82 Å². The van der Waals surface area contributed by atoms with Crippen molar-refractivity contribution in [2.75, 3.05) is 0 Å². The number of rotatable bonds is 2. The molecule has 2 nitrogen and oxygen atoms in total. The van der Waals surface area contributed by atoms with Gasteiger partial charge in [0.2, 0.25) is 0 Å². The Labute approximate surface area is 121 Å². The number of halogens is 2. The SMILES string of the molecule is NCc1cc2cccc(Cl)c2nc1-c1ccccc1F. The lowest BCUT2D eigenvalue weighted by Gasteiger charge is -2.11. The van der Waals surface area contributed by atoms with Crippen molar-refractivity contribution in [3.05, 3.63) is 64.9 Å². The van der Waals surface area contributed by atoms with E-state index in [1.807, 2.05) is 18.2 Å². The standard InChI is InChI=1S/C16H12ClFN2/c17-13-6-3-4-10-8-11(9-19)15(20-16(10)13)12-5-1-2-7-14(12)18/h1-8H,9,19H2. The Morgan fingerprint density at radius 1 is 1.10 bits per heavy atom. The highest BCUT2D eigenvalue weighted by Crippen LogP contribution is 2.30. The molecule has 0 saturated carbocycles. The van der Waals surface area contributed by atoms with E-state index in [1.165, 1.54) is 6.07 Å². The average Bonchev–Trinajstić information content (AvgIpc) is 2.47. The summed E-state index contributed by atoms with van der Waals surface area (Å²) in [5.74, 6) is -0.318. The molecule has 2 N–H and O–H groups in total. The van der Waals surface area contributed by atoms with Crippen molar-refractivity contribution in [2.45, 2.75) is 6.54 Å². The first-order valence-electron chi connectivity index (χ1n) is 6.24. The number of nitrogens with zero attached hydrogens (tertiary/aromatic N) is 1. The molecule has 0 bridgehead atoms. The van der Waals surface area contributed by atoms with Gasteiger partial charge in [-0.15, -0.1) is 0 Å². The van der Waals surface area contributed by atoms with Crippen LogP contribution in [0.15, 0.2) is 48.5 Å². The highest BCUT2D eigenvalue weighted by molar-refractivity contribution is 6.35. The van der Waals surface area contributed by atoms with Crippen LogP contribution in [0.3, 0.4) is 0 Å². The van der Waals surface area contributed by atoms with Crippen LogP contribution in [-0.4, -0.2) is 4.98 Å². The van der Waals surface area contributed by atoms with Gasteiger partial charge >= 0.3 is 0 Å². The molecule has 0 atom stereocenters. The lowest BCUT2D eigenvalue weighted by Crippen LogP contribution is -2.02. The number of nitrogens with two attached hydrogens (primary N) is 1. The maximum atomic E-state index is 14.0. The average molecular weight is 287 g/mol. The highest BCUT2D eigenvalue weighted by atomic mass is 35.5. The highest BCUT2D eigenvalue weighted by Gasteiger charge is 2.13. The maximum absolute atomic E-state index is 14.0. The van der Waals surface area contributed by atoms with Crippen LogP contribution in [0.5, 0.6) is 0 Å². The number of para-hydroxylation sites is 1. The first kappa shape index (κ1) is 13.0. The second-order valence-electron chi connectivity index (χ2n) is 4.49. The molecule has 0 amide bonds. The minimum Gasteiger partial charge on any atom is -0.326 e. The molecule has 20 heavy (non-hydrogen) atoms. The summed E-state index contributed by atoms with van der Waals surface area (Å²) in [5, 5.41) is 1.45. The van der Waals surface area contributed by atoms with Gasteiger partial charge in [-0.05, 0) is 29.8 Å². The van der Waals surface area contributed by atoms with Crippen molar-refractivity contribution >= 4 is 22.5 Å². The molecule has 0 aliphatic carbocycles. The van der Waals surface area contributed by atoms with Crippen LogP contribution in [0.4, 0.5) is 4.39 Å². The van der Waals surface area contributed by atoms with Crippen molar-refractivity contribution < 1.29 is 4.39 Å². The lowest BCUT2D eigenvalue weighted by atomic mass is 10.0. The Hall–Kier alpha value is -1.97. The molecule has 0 fully saturated rings. The molecule has 0 saturated heterocycles. The topological polar surface area (TPSA) is 38.9 Å². The van der Waals surface area contributed by atoms with Crippen LogP contribution in [0, 0.1) is 5.82 Å². The van der Waals surface area contributed by atoms with Crippen LogP contribution < -0.4 is 5.73 Å². The number of fused-ring (bicyclic) bond motifs is 1. The van der Waals surface area contributed by atoms with Crippen molar-refractivity contribution in [3.8, 4) is 11.3 Å². The fraction of sp³-hybridized carbons (Fsp3) is 0.0625. The molecule has 2 aromatic carbocycles. The number of hydrogen-bond acceptors (Lipinski definition) is 2. The monoisotopic (exact) mass is 286 g/mol. The Bertz CT molecular complexity index is 787. The van der Waals surface area contributed by atoms with Crippen molar-refractivity contribution in [1.29, 1.82) is 0 Å². The Morgan fingerprint density at radius 2 is 1.90 bits per heavy atom. The summed E-state index contributed by atoms with van der Waals surface area (Å²) in [6, 6.07) is 14.0. The molecule has 0 radical (unpaired) electrons. The second-order valence-corrected chi connectivity index (χ2v) is 4.90. The third-order valence-electron chi connectivity index (χ3n) is 3.22. The Kier molecular flexibility index (Phi) is 3.38. The number of pyridine rings is 1. The van der Waals surface area contributed by atoms with Gasteiger partial charge in [-0.2, -0.15) is 0 Å². The summed E-state index contributed by atoms with van der Waals surface area (Å²) < 4.78 is 14.0. The van der Waals surface area contributed by atoms with Crippen molar-refractivity contribution in [2.24, 2.45) is 5.73 Å². The molecular formula is C16H12ClFN2. The van der Waals surface area contributed by atoms with Gasteiger partial charge in [0, 0.05) is 17.5 Å². The summed E-state index contributed by atoms with van der Waals surface area (Å²) in [5.41, 5.74) is 8.21. The zero-order valence-electron chi connectivity index (χ0n) is 10.6. The summed E-state index contributed by atoms with van der Waals surface area (Å²) in [4.78, 5) is 4.52. The zero-order chi connectivity index (χ0) is 14.1. The molecule has 3 aromatic rings. The van der Waals surface area contributed by atoms with Crippen LogP contribution in [0.25, 0.3) is 22.2 Å².